The number of aromatic nitrogens is 1. The molecule has 0 bridgehead atoms. The molecule has 2 nitrogen and oxygen atoms in total. The molecule has 0 aliphatic carbocycles. The first-order chi connectivity index (χ1) is 7.24. The molecule has 2 rings (SSSR count). The van der Waals surface area contributed by atoms with Crippen molar-refractivity contribution in [1.29, 1.82) is 0 Å². The highest BCUT2D eigenvalue weighted by Gasteiger charge is 1.98. The normalized spacial score (nSPS) is 10.0. The van der Waals surface area contributed by atoms with Crippen molar-refractivity contribution in [3.63, 3.8) is 0 Å². The van der Waals surface area contributed by atoms with E-state index in [0.29, 0.717) is 21.7 Å². The van der Waals surface area contributed by atoms with Crippen LogP contribution >= 0.6 is 23.2 Å². The lowest BCUT2D eigenvalue weighted by Crippen LogP contribution is -1.84. The summed E-state index contributed by atoms with van der Waals surface area (Å²) in [6, 6.07) is 11.3. The third kappa shape index (κ3) is 2.85. The summed E-state index contributed by atoms with van der Waals surface area (Å²) in [6.07, 6.45) is 1.55. The van der Waals surface area contributed by atoms with E-state index in [9.17, 15) is 0 Å². The van der Waals surface area contributed by atoms with Crippen molar-refractivity contribution < 1.29 is 4.74 Å². The van der Waals surface area contributed by atoms with Crippen molar-refractivity contribution in [3.8, 4) is 11.5 Å². The van der Waals surface area contributed by atoms with Crippen molar-refractivity contribution in [2.45, 2.75) is 0 Å². The van der Waals surface area contributed by atoms with Crippen molar-refractivity contribution in [2.75, 3.05) is 0 Å². The highest BCUT2D eigenvalue weighted by molar-refractivity contribution is 6.30. The molecule has 75 valence electrons. The van der Waals surface area contributed by atoms with Gasteiger partial charge in [-0.15, -0.1) is 0 Å². The van der Waals surface area contributed by atoms with E-state index in [4.69, 9.17) is 27.9 Å². The largest absolute Gasteiger partial charge is 0.456 e. The zero-order valence-corrected chi connectivity index (χ0v) is 9.09. The minimum absolute atomic E-state index is 0.432. The van der Waals surface area contributed by atoms with E-state index in [-0.39, 0.29) is 0 Å². The van der Waals surface area contributed by atoms with E-state index in [1.54, 1.807) is 36.5 Å². The van der Waals surface area contributed by atoms with Gasteiger partial charge in [0.1, 0.15) is 16.7 Å². The van der Waals surface area contributed by atoms with Gasteiger partial charge in [-0.25, -0.2) is 4.98 Å². The molecule has 1 aromatic carbocycles. The Morgan fingerprint density at radius 3 is 2.67 bits per heavy atom. The van der Waals surface area contributed by atoms with Gasteiger partial charge in [0.15, 0.2) is 0 Å². The Hall–Kier alpha value is -1.25. The lowest BCUT2D eigenvalue weighted by molar-refractivity contribution is 0.480. The fraction of sp³-hybridized carbons (Fsp3) is 0. The van der Waals surface area contributed by atoms with Crippen LogP contribution in [-0.4, -0.2) is 4.98 Å². The molecule has 1 heterocycles. The lowest BCUT2D eigenvalue weighted by atomic mass is 10.3. The van der Waals surface area contributed by atoms with Crippen LogP contribution in [0.25, 0.3) is 0 Å². The standard InChI is InChI=1S/C11H6Cl2NO/c12-8-2-1-3-9(6-8)15-10-4-5-11(13)14-7-10/h1,3-7H. The van der Waals surface area contributed by atoms with Crippen LogP contribution in [-0.2, 0) is 0 Å². The zero-order chi connectivity index (χ0) is 10.7. The Morgan fingerprint density at radius 1 is 1.13 bits per heavy atom. The van der Waals surface area contributed by atoms with Gasteiger partial charge in [0.25, 0.3) is 0 Å². The second-order valence-corrected chi connectivity index (χ2v) is 3.59. The minimum atomic E-state index is 0.432. The average molecular weight is 239 g/mol. The molecule has 4 heteroatoms. The highest BCUT2D eigenvalue weighted by Crippen LogP contribution is 2.23. The van der Waals surface area contributed by atoms with Gasteiger partial charge < -0.3 is 4.74 Å². The Labute approximate surface area is 97.4 Å². The molecule has 0 saturated heterocycles. The van der Waals surface area contributed by atoms with Crippen molar-refractivity contribution in [1.82, 2.24) is 4.98 Å². The molecule has 0 fully saturated rings. The smallest absolute Gasteiger partial charge is 0.145 e. The molecule has 0 amide bonds. The predicted molar refractivity (Wildman–Crippen MR) is 59.6 cm³/mol. The fourth-order valence-corrected chi connectivity index (χ4v) is 1.32. The van der Waals surface area contributed by atoms with Crippen LogP contribution in [0.4, 0.5) is 0 Å². The molecular weight excluding hydrogens is 233 g/mol. The maximum Gasteiger partial charge on any atom is 0.145 e. The van der Waals surface area contributed by atoms with Crippen LogP contribution < -0.4 is 4.74 Å². The predicted octanol–water partition coefficient (Wildman–Crippen LogP) is 3.98. The quantitative estimate of drug-likeness (QED) is 0.739. The van der Waals surface area contributed by atoms with Crippen molar-refractivity contribution in [3.05, 3.63) is 52.8 Å². The van der Waals surface area contributed by atoms with E-state index in [1.807, 2.05) is 0 Å². The van der Waals surface area contributed by atoms with E-state index in [2.05, 4.69) is 11.1 Å². The van der Waals surface area contributed by atoms with Crippen LogP contribution in [0, 0.1) is 6.07 Å². The molecule has 2 aromatic rings. The Balaban J connectivity index is 2.18. The first-order valence-electron chi connectivity index (χ1n) is 4.21. The molecule has 0 aliphatic heterocycles. The SMILES string of the molecule is Clc1[c]ccc(Oc2ccc(Cl)nc2)c1. The molecular formula is C11H6Cl2NO. The van der Waals surface area contributed by atoms with Crippen LogP contribution in [0.2, 0.25) is 10.2 Å². The van der Waals surface area contributed by atoms with Gasteiger partial charge in [-0.1, -0.05) is 23.2 Å². The third-order valence-corrected chi connectivity index (χ3v) is 2.12. The summed E-state index contributed by atoms with van der Waals surface area (Å²) in [5.41, 5.74) is 0. The lowest BCUT2D eigenvalue weighted by Gasteiger charge is -2.04. The number of hydrogen-bond donors (Lipinski definition) is 0. The second kappa shape index (κ2) is 4.51. The maximum absolute atomic E-state index is 5.76. The van der Waals surface area contributed by atoms with E-state index < -0.39 is 0 Å². The number of pyridine rings is 1. The van der Waals surface area contributed by atoms with Gasteiger partial charge in [0.2, 0.25) is 0 Å². The molecule has 0 atom stereocenters. The molecule has 1 radical (unpaired) electrons. The van der Waals surface area contributed by atoms with Crippen LogP contribution in [0.5, 0.6) is 11.5 Å². The number of halogens is 2. The van der Waals surface area contributed by atoms with Crippen molar-refractivity contribution >= 4 is 23.2 Å². The number of benzene rings is 1. The summed E-state index contributed by atoms with van der Waals surface area (Å²) in [6.45, 7) is 0. The van der Waals surface area contributed by atoms with E-state index in [1.165, 1.54) is 0 Å². The molecule has 15 heavy (non-hydrogen) atoms. The monoisotopic (exact) mass is 238 g/mol. The first-order valence-corrected chi connectivity index (χ1v) is 4.96. The minimum Gasteiger partial charge on any atom is -0.456 e. The number of nitrogens with zero attached hydrogens (tertiary/aromatic N) is 1. The third-order valence-electron chi connectivity index (χ3n) is 1.67. The van der Waals surface area contributed by atoms with Gasteiger partial charge in [-0.3, -0.25) is 0 Å². The molecule has 0 saturated carbocycles. The Bertz CT molecular complexity index is 456. The molecule has 0 unspecified atom stereocenters. The summed E-state index contributed by atoms with van der Waals surface area (Å²) in [4.78, 5) is 3.90. The number of rotatable bonds is 2. The molecule has 0 N–H and O–H groups in total. The summed E-state index contributed by atoms with van der Waals surface area (Å²) in [5.74, 6) is 1.25. The van der Waals surface area contributed by atoms with Crippen molar-refractivity contribution in [2.24, 2.45) is 0 Å². The Morgan fingerprint density at radius 2 is 2.00 bits per heavy atom. The van der Waals surface area contributed by atoms with Crippen LogP contribution in [0.15, 0.2) is 36.5 Å². The van der Waals surface area contributed by atoms with Gasteiger partial charge in [0.05, 0.1) is 11.2 Å². The summed E-state index contributed by atoms with van der Waals surface area (Å²) in [5, 5.41) is 0.941. The van der Waals surface area contributed by atoms with Gasteiger partial charge >= 0.3 is 0 Å². The maximum atomic E-state index is 5.76. The zero-order valence-electron chi connectivity index (χ0n) is 7.58. The van der Waals surface area contributed by atoms with Gasteiger partial charge in [-0.2, -0.15) is 0 Å². The van der Waals surface area contributed by atoms with E-state index in [0.717, 1.165) is 0 Å². The summed E-state index contributed by atoms with van der Waals surface area (Å²) >= 11 is 11.4. The number of hydrogen-bond acceptors (Lipinski definition) is 2. The van der Waals surface area contributed by atoms with Crippen LogP contribution in [0.3, 0.4) is 0 Å². The molecule has 1 aromatic heterocycles. The molecule has 0 spiro atoms. The van der Waals surface area contributed by atoms with Crippen LogP contribution in [0.1, 0.15) is 0 Å². The topological polar surface area (TPSA) is 22.1 Å². The molecule has 0 aliphatic rings. The number of ether oxygens (including phenoxy) is 1. The van der Waals surface area contributed by atoms with Gasteiger partial charge in [-0.05, 0) is 24.3 Å². The van der Waals surface area contributed by atoms with E-state index >= 15 is 0 Å². The van der Waals surface area contributed by atoms with Gasteiger partial charge in [0, 0.05) is 12.1 Å². The fourth-order valence-electron chi connectivity index (χ4n) is 1.04. The first kappa shape index (κ1) is 10.3. The second-order valence-electron chi connectivity index (χ2n) is 2.79. The Kier molecular flexibility index (Phi) is 3.09. The average Bonchev–Trinajstić information content (AvgIpc) is 2.22. The summed E-state index contributed by atoms with van der Waals surface area (Å²) < 4.78 is 5.49. The highest BCUT2D eigenvalue weighted by atomic mass is 35.5. The summed E-state index contributed by atoms with van der Waals surface area (Å²) in [7, 11) is 0.